The number of esters is 1. The number of nitrogens with one attached hydrogen (secondary N) is 1. The highest BCUT2D eigenvalue weighted by Crippen LogP contribution is 2.32. The molecule has 160 valence electrons. The second-order valence-corrected chi connectivity index (χ2v) is 6.06. The Hall–Kier alpha value is -3.63. The molecule has 0 saturated heterocycles. The maximum absolute atomic E-state index is 13.2. The molecule has 0 fully saturated rings. The molecule has 0 aliphatic rings. The normalized spacial score (nSPS) is 12.0. The number of methoxy groups -OCH3 is 2. The standard InChI is InChI=1S/C19H17F3N2O6/c1-29-16-8-7-11(10-15(16)24(27)28)9-14(18(26)30-2)23-17(25)12-5-3-4-6-13(12)19(20,21)22/h3-8,10,14H,9H2,1-2H3,(H,23,25)/t14-/m0/s1. The van der Waals surface area contributed by atoms with Gasteiger partial charge in [0.1, 0.15) is 6.04 Å². The molecule has 1 amide bonds. The van der Waals surface area contributed by atoms with E-state index in [4.69, 9.17) is 4.74 Å². The molecule has 1 atom stereocenters. The van der Waals surface area contributed by atoms with Gasteiger partial charge in [-0.2, -0.15) is 13.2 Å². The number of nitrogens with zero attached hydrogens (tertiary/aromatic N) is 1. The van der Waals surface area contributed by atoms with E-state index in [1.54, 1.807) is 0 Å². The highest BCUT2D eigenvalue weighted by Gasteiger charge is 2.35. The minimum absolute atomic E-state index is 0.0125. The zero-order valence-electron chi connectivity index (χ0n) is 15.9. The number of carbonyl (C=O) groups is 2. The van der Waals surface area contributed by atoms with E-state index in [2.05, 4.69) is 10.1 Å². The lowest BCUT2D eigenvalue weighted by Gasteiger charge is -2.18. The summed E-state index contributed by atoms with van der Waals surface area (Å²) >= 11 is 0. The Morgan fingerprint density at radius 2 is 1.83 bits per heavy atom. The van der Waals surface area contributed by atoms with Crippen LogP contribution in [-0.2, 0) is 22.1 Å². The van der Waals surface area contributed by atoms with Crippen LogP contribution in [0.15, 0.2) is 42.5 Å². The SMILES string of the molecule is COC(=O)[C@H](Cc1ccc(OC)c([N+](=O)[O-])c1)NC(=O)c1ccccc1C(F)(F)F. The molecule has 8 nitrogen and oxygen atoms in total. The van der Waals surface area contributed by atoms with Gasteiger partial charge < -0.3 is 14.8 Å². The van der Waals surface area contributed by atoms with E-state index in [0.29, 0.717) is 0 Å². The molecule has 0 radical (unpaired) electrons. The maximum atomic E-state index is 13.2. The van der Waals surface area contributed by atoms with Crippen LogP contribution < -0.4 is 10.1 Å². The zero-order chi connectivity index (χ0) is 22.5. The van der Waals surface area contributed by atoms with Crippen molar-refractivity contribution in [1.29, 1.82) is 0 Å². The number of carbonyl (C=O) groups excluding carboxylic acids is 2. The Balaban J connectivity index is 2.33. The Kier molecular flexibility index (Phi) is 6.98. The van der Waals surface area contributed by atoms with Gasteiger partial charge in [0.05, 0.1) is 30.3 Å². The Bertz CT molecular complexity index is 962. The van der Waals surface area contributed by atoms with Crippen molar-refractivity contribution in [1.82, 2.24) is 5.32 Å². The number of ether oxygens (including phenoxy) is 2. The molecule has 0 bridgehead atoms. The molecular weight excluding hydrogens is 409 g/mol. The zero-order valence-corrected chi connectivity index (χ0v) is 15.9. The van der Waals surface area contributed by atoms with Crippen molar-refractivity contribution in [2.24, 2.45) is 0 Å². The molecule has 0 aromatic heterocycles. The summed E-state index contributed by atoms with van der Waals surface area (Å²) in [7, 11) is 2.29. The Morgan fingerprint density at radius 3 is 2.40 bits per heavy atom. The van der Waals surface area contributed by atoms with Crippen LogP contribution in [0.25, 0.3) is 0 Å². The third kappa shape index (κ3) is 5.25. The summed E-state index contributed by atoms with van der Waals surface area (Å²) in [5.74, 6) is -2.07. The fraction of sp³-hybridized carbons (Fsp3) is 0.263. The van der Waals surface area contributed by atoms with Crippen molar-refractivity contribution >= 4 is 17.6 Å². The first-order valence-corrected chi connectivity index (χ1v) is 8.44. The lowest BCUT2D eigenvalue weighted by molar-refractivity contribution is -0.385. The predicted octanol–water partition coefficient (Wildman–Crippen LogP) is 3.14. The summed E-state index contributed by atoms with van der Waals surface area (Å²) < 4.78 is 49.0. The van der Waals surface area contributed by atoms with Crippen molar-refractivity contribution < 1.29 is 37.2 Å². The van der Waals surface area contributed by atoms with E-state index < -0.39 is 40.1 Å². The molecule has 0 spiro atoms. The van der Waals surface area contributed by atoms with Gasteiger partial charge in [-0.1, -0.05) is 18.2 Å². The van der Waals surface area contributed by atoms with E-state index in [-0.39, 0.29) is 23.4 Å². The summed E-state index contributed by atoms with van der Waals surface area (Å²) in [5.41, 5.74) is -1.93. The van der Waals surface area contributed by atoms with Crippen molar-refractivity contribution in [3.8, 4) is 5.75 Å². The number of alkyl halides is 3. The quantitative estimate of drug-likeness (QED) is 0.414. The average molecular weight is 426 g/mol. The van der Waals surface area contributed by atoms with Crippen LogP contribution in [0, 0.1) is 10.1 Å². The second kappa shape index (κ2) is 9.25. The fourth-order valence-electron chi connectivity index (χ4n) is 2.74. The van der Waals surface area contributed by atoms with Crippen LogP contribution >= 0.6 is 0 Å². The highest BCUT2D eigenvalue weighted by atomic mass is 19.4. The number of amides is 1. The average Bonchev–Trinajstić information content (AvgIpc) is 2.71. The van der Waals surface area contributed by atoms with E-state index in [1.165, 1.54) is 25.3 Å². The van der Waals surface area contributed by atoms with Gasteiger partial charge in [0.2, 0.25) is 0 Å². The molecule has 0 aliphatic heterocycles. The first-order valence-electron chi connectivity index (χ1n) is 8.44. The second-order valence-electron chi connectivity index (χ2n) is 6.06. The molecule has 0 aliphatic carbocycles. The lowest BCUT2D eigenvalue weighted by atomic mass is 10.0. The molecule has 30 heavy (non-hydrogen) atoms. The largest absolute Gasteiger partial charge is 0.490 e. The number of nitro benzene ring substituents is 1. The number of hydrogen-bond donors (Lipinski definition) is 1. The number of nitro groups is 1. The Morgan fingerprint density at radius 1 is 1.17 bits per heavy atom. The third-order valence-electron chi connectivity index (χ3n) is 4.15. The summed E-state index contributed by atoms with van der Waals surface area (Å²) in [6.07, 6.45) is -5.03. The summed E-state index contributed by atoms with van der Waals surface area (Å²) in [6, 6.07) is 6.61. The van der Waals surface area contributed by atoms with Crippen molar-refractivity contribution in [3.05, 3.63) is 69.3 Å². The van der Waals surface area contributed by atoms with Crippen LogP contribution in [0.1, 0.15) is 21.5 Å². The predicted molar refractivity (Wildman–Crippen MR) is 98.1 cm³/mol. The molecule has 2 aromatic rings. The van der Waals surface area contributed by atoms with Gasteiger partial charge >= 0.3 is 17.8 Å². The summed E-state index contributed by atoms with van der Waals surface area (Å²) in [6.45, 7) is 0. The van der Waals surface area contributed by atoms with Gasteiger partial charge in [-0.3, -0.25) is 14.9 Å². The van der Waals surface area contributed by atoms with Gasteiger partial charge in [0.15, 0.2) is 5.75 Å². The third-order valence-corrected chi connectivity index (χ3v) is 4.15. The van der Waals surface area contributed by atoms with E-state index in [1.807, 2.05) is 0 Å². The van der Waals surface area contributed by atoms with Crippen molar-refractivity contribution in [2.45, 2.75) is 18.6 Å². The molecule has 0 saturated carbocycles. The topological polar surface area (TPSA) is 108 Å². The van der Waals surface area contributed by atoms with Crippen molar-refractivity contribution in [2.75, 3.05) is 14.2 Å². The van der Waals surface area contributed by atoms with Crippen LogP contribution in [0.3, 0.4) is 0 Å². The van der Waals surface area contributed by atoms with Gasteiger partial charge in [0, 0.05) is 12.5 Å². The molecule has 1 N–H and O–H groups in total. The molecule has 2 aromatic carbocycles. The van der Waals surface area contributed by atoms with Gasteiger partial charge in [-0.25, -0.2) is 4.79 Å². The molecular formula is C19H17F3N2O6. The number of benzene rings is 2. The van der Waals surface area contributed by atoms with Crippen molar-refractivity contribution in [3.63, 3.8) is 0 Å². The van der Waals surface area contributed by atoms with E-state index in [0.717, 1.165) is 31.4 Å². The van der Waals surface area contributed by atoms with Gasteiger partial charge in [-0.15, -0.1) is 0 Å². The molecule has 11 heteroatoms. The fourth-order valence-corrected chi connectivity index (χ4v) is 2.74. The number of hydrogen-bond acceptors (Lipinski definition) is 6. The van der Waals surface area contributed by atoms with Crippen LogP contribution in [0.4, 0.5) is 18.9 Å². The van der Waals surface area contributed by atoms with Crippen LogP contribution in [0.5, 0.6) is 5.75 Å². The Labute approximate surface area is 168 Å². The van der Waals surface area contributed by atoms with Gasteiger partial charge in [0.25, 0.3) is 5.91 Å². The molecule has 2 rings (SSSR count). The highest BCUT2D eigenvalue weighted by molar-refractivity contribution is 5.98. The number of halogens is 3. The lowest BCUT2D eigenvalue weighted by Crippen LogP contribution is -2.43. The number of rotatable bonds is 7. The maximum Gasteiger partial charge on any atom is 0.417 e. The molecule has 0 heterocycles. The first-order chi connectivity index (χ1) is 14.1. The summed E-state index contributed by atoms with van der Waals surface area (Å²) in [5, 5.41) is 13.4. The van der Waals surface area contributed by atoms with Gasteiger partial charge in [-0.05, 0) is 23.8 Å². The smallest absolute Gasteiger partial charge is 0.417 e. The van der Waals surface area contributed by atoms with Crippen LogP contribution in [-0.4, -0.2) is 37.1 Å². The summed E-state index contributed by atoms with van der Waals surface area (Å²) in [4.78, 5) is 35.0. The van der Waals surface area contributed by atoms with E-state index in [9.17, 15) is 32.9 Å². The first kappa shape index (κ1) is 22.7. The van der Waals surface area contributed by atoms with Crippen LogP contribution in [0.2, 0.25) is 0 Å². The molecule has 0 unspecified atom stereocenters. The monoisotopic (exact) mass is 426 g/mol. The minimum Gasteiger partial charge on any atom is -0.490 e. The van der Waals surface area contributed by atoms with E-state index >= 15 is 0 Å². The minimum atomic E-state index is -4.77.